The summed E-state index contributed by atoms with van der Waals surface area (Å²) >= 11 is 17.8. The Hall–Kier alpha value is -1.75. The summed E-state index contributed by atoms with van der Waals surface area (Å²) in [7, 11) is 0. The summed E-state index contributed by atoms with van der Waals surface area (Å²) in [6, 6.07) is 12.0. The summed E-state index contributed by atoms with van der Waals surface area (Å²) in [6.07, 6.45) is 0.271. The van der Waals surface area contributed by atoms with Gasteiger partial charge in [0.25, 0.3) is 0 Å². The molecule has 126 valence electrons. The molecule has 0 aliphatic rings. The highest BCUT2D eigenvalue weighted by Gasteiger charge is 2.11. The zero-order chi connectivity index (χ0) is 17.5. The van der Waals surface area contributed by atoms with Crippen LogP contribution in [0, 0.1) is 0 Å². The van der Waals surface area contributed by atoms with Crippen molar-refractivity contribution in [3.05, 3.63) is 63.1 Å². The first-order valence-corrected chi connectivity index (χ1v) is 8.34. The van der Waals surface area contributed by atoms with E-state index in [1.165, 1.54) is 0 Å². The number of rotatable bonds is 6. The fourth-order valence-electron chi connectivity index (χ4n) is 2.03. The number of nitrogens with one attached hydrogen (secondary N) is 2. The van der Waals surface area contributed by atoms with E-state index in [9.17, 15) is 9.59 Å². The molecule has 0 unspecified atom stereocenters. The molecule has 7 heteroatoms. The average molecular weight is 386 g/mol. The summed E-state index contributed by atoms with van der Waals surface area (Å²) in [5.41, 5.74) is 1.35. The Balaban J connectivity index is 1.77. The highest BCUT2D eigenvalue weighted by Crippen LogP contribution is 2.21. The van der Waals surface area contributed by atoms with Crippen LogP contribution in [0.2, 0.25) is 15.1 Å². The maximum absolute atomic E-state index is 11.8. The van der Waals surface area contributed by atoms with Gasteiger partial charge >= 0.3 is 0 Å². The molecule has 2 aromatic carbocycles. The molecule has 0 fully saturated rings. The Kier molecular flexibility index (Phi) is 6.91. The largest absolute Gasteiger partial charge is 0.355 e. The number of carbonyl (C=O) groups excluding carboxylic acids is 2. The van der Waals surface area contributed by atoms with Gasteiger partial charge in [-0.2, -0.15) is 0 Å². The minimum Gasteiger partial charge on any atom is -0.355 e. The van der Waals surface area contributed by atoms with Crippen LogP contribution in [0.15, 0.2) is 42.5 Å². The molecule has 0 heterocycles. The molecule has 2 rings (SSSR count). The number of benzene rings is 2. The summed E-state index contributed by atoms with van der Waals surface area (Å²) in [6.45, 7) is 0.375. The van der Waals surface area contributed by atoms with Crippen LogP contribution in [-0.2, 0) is 16.0 Å². The second-order valence-corrected chi connectivity index (χ2v) is 6.29. The van der Waals surface area contributed by atoms with Gasteiger partial charge in [-0.05, 0) is 36.2 Å². The quantitative estimate of drug-likeness (QED) is 0.727. The van der Waals surface area contributed by atoms with Gasteiger partial charge < -0.3 is 10.6 Å². The topological polar surface area (TPSA) is 58.2 Å². The smallest absolute Gasteiger partial charge is 0.233 e. The predicted molar refractivity (Wildman–Crippen MR) is 97.9 cm³/mol. The average Bonchev–Trinajstić information content (AvgIpc) is 2.51. The molecule has 4 nitrogen and oxygen atoms in total. The number of anilines is 1. The van der Waals surface area contributed by atoms with Gasteiger partial charge in [0, 0.05) is 16.6 Å². The van der Waals surface area contributed by atoms with Crippen LogP contribution in [-0.4, -0.2) is 18.4 Å². The second kappa shape index (κ2) is 8.92. The summed E-state index contributed by atoms with van der Waals surface area (Å²) in [5, 5.41) is 6.81. The lowest BCUT2D eigenvalue weighted by Gasteiger charge is -2.08. The molecular formula is C17H15Cl3N2O2. The number of hydrogen-bond donors (Lipinski definition) is 2. The van der Waals surface area contributed by atoms with Crippen molar-refractivity contribution in [2.24, 2.45) is 0 Å². The normalized spacial score (nSPS) is 10.3. The number of amides is 2. The lowest BCUT2D eigenvalue weighted by molar-refractivity contribution is -0.126. The fourth-order valence-corrected chi connectivity index (χ4v) is 2.71. The molecular weight excluding hydrogens is 371 g/mol. The predicted octanol–water partition coefficient (Wildman–Crippen LogP) is 4.33. The van der Waals surface area contributed by atoms with Gasteiger partial charge in [0.1, 0.15) is 6.42 Å². The maximum Gasteiger partial charge on any atom is 0.233 e. The van der Waals surface area contributed by atoms with Crippen LogP contribution >= 0.6 is 34.8 Å². The number of halogens is 3. The van der Waals surface area contributed by atoms with Crippen LogP contribution in [0.25, 0.3) is 0 Å². The van der Waals surface area contributed by atoms with Gasteiger partial charge in [-0.1, -0.05) is 53.0 Å². The molecule has 0 atom stereocenters. The molecule has 0 aliphatic carbocycles. The number of para-hydroxylation sites is 1. The van der Waals surface area contributed by atoms with Crippen LogP contribution < -0.4 is 10.6 Å². The molecule has 0 aliphatic heterocycles. The van der Waals surface area contributed by atoms with Crippen LogP contribution in [0.3, 0.4) is 0 Å². The van der Waals surface area contributed by atoms with Crippen molar-refractivity contribution in [3.8, 4) is 0 Å². The molecule has 2 amide bonds. The van der Waals surface area contributed by atoms with Crippen molar-refractivity contribution in [2.75, 3.05) is 11.9 Å². The summed E-state index contributed by atoms with van der Waals surface area (Å²) in [4.78, 5) is 23.6. The van der Waals surface area contributed by atoms with Gasteiger partial charge in [-0.3, -0.25) is 9.59 Å². The molecule has 0 saturated heterocycles. The van der Waals surface area contributed by atoms with Crippen molar-refractivity contribution in [1.29, 1.82) is 0 Å². The SMILES string of the molecule is O=C(CC(=O)Nc1ccccc1Cl)NCCc1ccc(Cl)cc1Cl. The third-order valence-electron chi connectivity index (χ3n) is 3.20. The van der Waals surface area contributed by atoms with Crippen molar-refractivity contribution in [1.82, 2.24) is 5.32 Å². The third-order valence-corrected chi connectivity index (χ3v) is 4.12. The molecule has 2 aromatic rings. The van der Waals surface area contributed by atoms with E-state index in [0.29, 0.717) is 33.7 Å². The van der Waals surface area contributed by atoms with E-state index in [4.69, 9.17) is 34.8 Å². The van der Waals surface area contributed by atoms with E-state index < -0.39 is 5.91 Å². The standard InChI is InChI=1S/C17H15Cl3N2O2/c18-12-6-5-11(14(20)9-12)7-8-21-16(23)10-17(24)22-15-4-2-1-3-13(15)19/h1-6,9H,7-8,10H2,(H,21,23)(H,22,24). The highest BCUT2D eigenvalue weighted by atomic mass is 35.5. The van der Waals surface area contributed by atoms with E-state index in [2.05, 4.69) is 10.6 Å². The second-order valence-electron chi connectivity index (χ2n) is 5.04. The van der Waals surface area contributed by atoms with Crippen molar-refractivity contribution < 1.29 is 9.59 Å². The zero-order valence-electron chi connectivity index (χ0n) is 12.6. The lowest BCUT2D eigenvalue weighted by atomic mass is 10.1. The number of hydrogen-bond acceptors (Lipinski definition) is 2. The van der Waals surface area contributed by atoms with Crippen molar-refractivity contribution in [3.63, 3.8) is 0 Å². The third kappa shape index (κ3) is 5.71. The Morgan fingerprint density at radius 1 is 0.917 bits per heavy atom. The van der Waals surface area contributed by atoms with Crippen LogP contribution in [0.4, 0.5) is 5.69 Å². The minimum absolute atomic E-state index is 0.278. The number of carbonyl (C=O) groups is 2. The Morgan fingerprint density at radius 3 is 2.38 bits per heavy atom. The van der Waals surface area contributed by atoms with E-state index in [0.717, 1.165) is 5.56 Å². The molecule has 0 aromatic heterocycles. The molecule has 24 heavy (non-hydrogen) atoms. The minimum atomic E-state index is -0.426. The van der Waals surface area contributed by atoms with Gasteiger partial charge in [0.05, 0.1) is 10.7 Å². The zero-order valence-corrected chi connectivity index (χ0v) is 14.9. The molecule has 0 radical (unpaired) electrons. The first kappa shape index (κ1) is 18.6. The van der Waals surface area contributed by atoms with E-state index in [-0.39, 0.29) is 12.3 Å². The van der Waals surface area contributed by atoms with Crippen LogP contribution in [0.5, 0.6) is 0 Å². The summed E-state index contributed by atoms with van der Waals surface area (Å²) in [5.74, 6) is -0.797. The Morgan fingerprint density at radius 2 is 1.67 bits per heavy atom. The molecule has 0 bridgehead atoms. The van der Waals surface area contributed by atoms with Gasteiger partial charge in [-0.15, -0.1) is 0 Å². The van der Waals surface area contributed by atoms with E-state index >= 15 is 0 Å². The summed E-state index contributed by atoms with van der Waals surface area (Å²) < 4.78 is 0. The fraction of sp³-hybridized carbons (Fsp3) is 0.176. The maximum atomic E-state index is 11.8. The van der Waals surface area contributed by atoms with Crippen LogP contribution in [0.1, 0.15) is 12.0 Å². The monoisotopic (exact) mass is 384 g/mol. The van der Waals surface area contributed by atoms with Crippen molar-refractivity contribution >= 4 is 52.3 Å². The first-order valence-electron chi connectivity index (χ1n) is 7.20. The van der Waals surface area contributed by atoms with E-state index in [1.807, 2.05) is 0 Å². The Bertz CT molecular complexity index is 750. The first-order chi connectivity index (χ1) is 11.5. The molecule has 0 spiro atoms. The van der Waals surface area contributed by atoms with Gasteiger partial charge in [0.15, 0.2) is 0 Å². The lowest BCUT2D eigenvalue weighted by Crippen LogP contribution is -2.29. The van der Waals surface area contributed by atoms with Gasteiger partial charge in [-0.25, -0.2) is 0 Å². The van der Waals surface area contributed by atoms with Crippen molar-refractivity contribution in [2.45, 2.75) is 12.8 Å². The Labute approximate surface area is 155 Å². The molecule has 2 N–H and O–H groups in total. The van der Waals surface area contributed by atoms with Gasteiger partial charge in [0.2, 0.25) is 11.8 Å². The highest BCUT2D eigenvalue weighted by molar-refractivity contribution is 6.35. The molecule has 0 saturated carbocycles. The van der Waals surface area contributed by atoms with E-state index in [1.54, 1.807) is 42.5 Å².